The van der Waals surface area contributed by atoms with E-state index in [0.717, 1.165) is 12.8 Å². The van der Waals surface area contributed by atoms with E-state index >= 15 is 0 Å². The molecule has 5 aliphatic rings. The zero-order valence-electron chi connectivity index (χ0n) is 35.4. The number of fused-ring (bicyclic) bond motifs is 12. The highest BCUT2D eigenvalue weighted by molar-refractivity contribution is 6.04. The normalized spacial score (nSPS) is 20.8. The summed E-state index contributed by atoms with van der Waals surface area (Å²) < 4.78 is 0. The minimum atomic E-state index is -0.486. The standard InChI is InChI=1S/C60H49N/c1-38-31-33-41(34-32-38)43-20-10-13-29-54(43)61(42-35-36-47-53(37-42)59(3,4)50-26-14-17-39(2)56(47)50)55-30-16-28-52-58(55)46-22-9-12-25-49(46)60(52)48-24-11-8-21-45(48)57-44(23-15-27-51(57)60)40-18-6-5-7-19-40/h5-16,18-31,33-39H,17,32H2,1-4H3. The molecule has 294 valence electrons. The van der Waals surface area contributed by atoms with Crippen LogP contribution in [0.15, 0.2) is 194 Å². The average Bonchev–Trinajstić information content (AvgIpc) is 3.87. The van der Waals surface area contributed by atoms with Gasteiger partial charge in [0.25, 0.3) is 0 Å². The molecule has 7 aromatic rings. The molecule has 1 spiro atoms. The van der Waals surface area contributed by atoms with Crippen LogP contribution in [0.1, 0.15) is 79.5 Å². The van der Waals surface area contributed by atoms with Gasteiger partial charge in [-0.2, -0.15) is 0 Å². The number of nitrogens with zero attached hydrogens (tertiary/aromatic N) is 1. The Morgan fingerprint density at radius 2 is 1.13 bits per heavy atom. The lowest BCUT2D eigenvalue weighted by molar-refractivity contribution is 0.643. The molecule has 0 saturated heterocycles. The first-order chi connectivity index (χ1) is 29.9. The van der Waals surface area contributed by atoms with E-state index in [9.17, 15) is 0 Å². The van der Waals surface area contributed by atoms with E-state index in [0.29, 0.717) is 11.8 Å². The number of allylic oxidation sites excluding steroid dienone is 8. The summed E-state index contributed by atoms with van der Waals surface area (Å²) in [7, 11) is 0. The van der Waals surface area contributed by atoms with E-state index < -0.39 is 5.41 Å². The molecule has 0 saturated carbocycles. The topological polar surface area (TPSA) is 3.24 Å². The van der Waals surface area contributed by atoms with Crippen molar-refractivity contribution in [2.24, 2.45) is 11.8 Å². The lowest BCUT2D eigenvalue weighted by Crippen LogP contribution is -2.26. The van der Waals surface area contributed by atoms with Crippen LogP contribution in [0.25, 0.3) is 44.5 Å². The summed E-state index contributed by atoms with van der Waals surface area (Å²) >= 11 is 0. The first-order valence-electron chi connectivity index (χ1n) is 22.2. The molecule has 0 aromatic heterocycles. The Labute approximate surface area is 360 Å². The van der Waals surface area contributed by atoms with Crippen LogP contribution in [0.3, 0.4) is 0 Å². The monoisotopic (exact) mass is 783 g/mol. The SMILES string of the molecule is CC1C=CC(c2ccccc2N(c2ccc3c(c2)C(C)(C)C2=C3C(C)CC=C2)c2cccc3c2-c2ccccc2C32c3ccccc3-c3c(-c4ccccc4)cccc32)=CC1. The highest BCUT2D eigenvalue weighted by Crippen LogP contribution is 2.66. The van der Waals surface area contributed by atoms with E-state index in [1.54, 1.807) is 0 Å². The Morgan fingerprint density at radius 1 is 0.508 bits per heavy atom. The highest BCUT2D eigenvalue weighted by atomic mass is 15.1. The second-order valence-electron chi connectivity index (χ2n) is 18.4. The fraction of sp³-hybridized carbons (Fsp3) is 0.167. The molecule has 0 N–H and O–H groups in total. The molecule has 1 nitrogen and oxygen atoms in total. The maximum atomic E-state index is 2.60. The molecule has 61 heavy (non-hydrogen) atoms. The smallest absolute Gasteiger partial charge is 0.0726 e. The maximum Gasteiger partial charge on any atom is 0.0726 e. The molecule has 12 rings (SSSR count). The fourth-order valence-corrected chi connectivity index (χ4v) is 11.9. The average molecular weight is 784 g/mol. The van der Waals surface area contributed by atoms with Crippen molar-refractivity contribution in [3.05, 3.63) is 233 Å². The summed E-state index contributed by atoms with van der Waals surface area (Å²) in [5.74, 6) is 1.03. The third-order valence-electron chi connectivity index (χ3n) is 14.7. The first kappa shape index (κ1) is 36.2. The van der Waals surface area contributed by atoms with Crippen molar-refractivity contribution in [2.75, 3.05) is 4.90 Å². The Balaban J connectivity index is 1.15. The lowest BCUT2D eigenvalue weighted by Gasteiger charge is -2.33. The van der Waals surface area contributed by atoms with Gasteiger partial charge in [0.15, 0.2) is 0 Å². The van der Waals surface area contributed by atoms with Crippen LogP contribution in [-0.4, -0.2) is 0 Å². The van der Waals surface area contributed by atoms with E-state index in [4.69, 9.17) is 0 Å². The number of benzene rings is 7. The van der Waals surface area contributed by atoms with Crippen LogP contribution < -0.4 is 4.90 Å². The van der Waals surface area contributed by atoms with Gasteiger partial charge in [-0.25, -0.2) is 0 Å². The molecule has 0 heterocycles. The van der Waals surface area contributed by atoms with Crippen LogP contribution in [0.2, 0.25) is 0 Å². The predicted molar refractivity (Wildman–Crippen MR) is 257 cm³/mol. The number of rotatable bonds is 5. The number of para-hydroxylation sites is 1. The third kappa shape index (κ3) is 5.01. The molecule has 5 aliphatic carbocycles. The summed E-state index contributed by atoms with van der Waals surface area (Å²) in [5, 5.41) is 0. The third-order valence-corrected chi connectivity index (χ3v) is 14.7. The van der Waals surface area contributed by atoms with E-state index in [2.05, 4.69) is 221 Å². The maximum absolute atomic E-state index is 2.60. The minimum Gasteiger partial charge on any atom is -0.309 e. The van der Waals surface area contributed by atoms with Crippen molar-refractivity contribution in [1.82, 2.24) is 0 Å². The van der Waals surface area contributed by atoms with Crippen LogP contribution >= 0.6 is 0 Å². The number of anilines is 3. The molecular weight excluding hydrogens is 735 g/mol. The zero-order valence-corrected chi connectivity index (χ0v) is 35.4. The molecule has 3 unspecified atom stereocenters. The van der Waals surface area contributed by atoms with Crippen LogP contribution in [0.5, 0.6) is 0 Å². The van der Waals surface area contributed by atoms with Crippen molar-refractivity contribution in [2.45, 2.75) is 51.4 Å². The quantitative estimate of drug-likeness (QED) is 0.168. The van der Waals surface area contributed by atoms with Gasteiger partial charge in [-0.15, -0.1) is 0 Å². The van der Waals surface area contributed by atoms with E-state index in [1.165, 1.54) is 106 Å². The molecule has 0 amide bonds. The van der Waals surface area contributed by atoms with Crippen LogP contribution in [0, 0.1) is 11.8 Å². The summed E-state index contributed by atoms with van der Waals surface area (Å²) in [6.45, 7) is 9.56. The van der Waals surface area contributed by atoms with Crippen LogP contribution in [-0.2, 0) is 10.8 Å². The Bertz CT molecular complexity index is 3100. The highest BCUT2D eigenvalue weighted by Gasteiger charge is 2.53. The van der Waals surface area contributed by atoms with E-state index in [1.807, 2.05) is 0 Å². The van der Waals surface area contributed by atoms with Gasteiger partial charge in [0.05, 0.1) is 16.8 Å². The fourth-order valence-electron chi connectivity index (χ4n) is 11.9. The summed E-state index contributed by atoms with van der Waals surface area (Å²) in [4.78, 5) is 2.60. The minimum absolute atomic E-state index is 0.106. The largest absolute Gasteiger partial charge is 0.309 e. The molecular formula is C60H49N. The lowest BCUT2D eigenvalue weighted by atomic mass is 9.70. The Morgan fingerprint density at radius 3 is 1.89 bits per heavy atom. The van der Waals surface area contributed by atoms with Crippen molar-refractivity contribution in [3.63, 3.8) is 0 Å². The van der Waals surface area contributed by atoms with Gasteiger partial charge in [-0.05, 0) is 127 Å². The van der Waals surface area contributed by atoms with Gasteiger partial charge in [0.2, 0.25) is 0 Å². The second kappa shape index (κ2) is 13.4. The van der Waals surface area contributed by atoms with Crippen molar-refractivity contribution >= 4 is 28.2 Å². The molecule has 0 fully saturated rings. The van der Waals surface area contributed by atoms with Gasteiger partial charge in [0, 0.05) is 22.2 Å². The number of hydrogen-bond acceptors (Lipinski definition) is 1. The Hall–Kier alpha value is -6.70. The van der Waals surface area contributed by atoms with Gasteiger partial charge in [-0.3, -0.25) is 0 Å². The van der Waals surface area contributed by atoms with Gasteiger partial charge >= 0.3 is 0 Å². The molecule has 1 heteroatoms. The van der Waals surface area contributed by atoms with Gasteiger partial charge < -0.3 is 4.90 Å². The summed E-state index contributed by atoms with van der Waals surface area (Å²) in [6.07, 6.45) is 14.1. The van der Waals surface area contributed by atoms with Crippen LogP contribution in [0.4, 0.5) is 17.1 Å². The molecule has 0 aliphatic heterocycles. The Kier molecular flexibility index (Phi) is 7.95. The molecule has 7 aromatic carbocycles. The van der Waals surface area contributed by atoms with Gasteiger partial charge in [0.1, 0.15) is 0 Å². The first-order valence-corrected chi connectivity index (χ1v) is 22.2. The summed E-state index contributed by atoms with van der Waals surface area (Å²) in [6, 6.07) is 60.0. The van der Waals surface area contributed by atoms with Crippen molar-refractivity contribution in [3.8, 4) is 33.4 Å². The zero-order chi connectivity index (χ0) is 41.0. The molecule has 0 bridgehead atoms. The van der Waals surface area contributed by atoms with Crippen molar-refractivity contribution in [1.29, 1.82) is 0 Å². The van der Waals surface area contributed by atoms with Crippen molar-refractivity contribution < 1.29 is 0 Å². The van der Waals surface area contributed by atoms with E-state index in [-0.39, 0.29) is 5.41 Å². The number of hydrogen-bond donors (Lipinski definition) is 0. The molecule has 0 radical (unpaired) electrons. The molecule has 3 atom stereocenters. The summed E-state index contributed by atoms with van der Waals surface area (Å²) in [5.41, 5.74) is 24.5. The van der Waals surface area contributed by atoms with Gasteiger partial charge in [-0.1, -0.05) is 192 Å². The predicted octanol–water partition coefficient (Wildman–Crippen LogP) is 15.8. The second-order valence-corrected chi connectivity index (χ2v) is 18.4.